The van der Waals surface area contributed by atoms with Crippen LogP contribution in [0.3, 0.4) is 0 Å². The molecule has 2 aromatic heterocycles. The van der Waals surface area contributed by atoms with E-state index in [9.17, 15) is 23.9 Å². The van der Waals surface area contributed by atoms with E-state index in [1.807, 2.05) is 4.57 Å². The number of nitrogens with zero attached hydrogens (tertiary/aromatic N) is 4. The number of hydrogen-bond acceptors (Lipinski definition) is 5. The van der Waals surface area contributed by atoms with Gasteiger partial charge in [-0.3, -0.25) is 9.59 Å². The summed E-state index contributed by atoms with van der Waals surface area (Å²) in [6.07, 6.45) is 9.01. The highest BCUT2D eigenvalue weighted by molar-refractivity contribution is 6.00. The minimum Gasteiger partial charge on any atom is -0.478 e. The lowest BCUT2D eigenvalue weighted by atomic mass is 10.1. The molecule has 5 rings (SSSR count). The van der Waals surface area contributed by atoms with E-state index in [4.69, 9.17) is 0 Å². The molecule has 2 aromatic carbocycles. The predicted molar refractivity (Wildman–Crippen MR) is 122 cm³/mol. The average molecular weight is 459 g/mol. The molecule has 1 aliphatic carbocycles. The summed E-state index contributed by atoms with van der Waals surface area (Å²) in [5.41, 5.74) is 2.55. The molecule has 0 saturated heterocycles. The number of halogens is 1. The number of hydrogen-bond donors (Lipinski definition) is 2. The van der Waals surface area contributed by atoms with Gasteiger partial charge in [-0.2, -0.15) is 5.10 Å². The van der Waals surface area contributed by atoms with Gasteiger partial charge in [0.1, 0.15) is 11.4 Å². The number of nitrogens with one attached hydrogen (secondary N) is 1. The summed E-state index contributed by atoms with van der Waals surface area (Å²) < 4.78 is 18.2. The summed E-state index contributed by atoms with van der Waals surface area (Å²) in [5, 5.41) is 13.2. The smallest absolute Gasteiger partial charge is 0.336 e. The summed E-state index contributed by atoms with van der Waals surface area (Å²) in [4.78, 5) is 41.1. The minimum absolute atomic E-state index is 0.0199. The maximum Gasteiger partial charge on any atom is 0.336 e. The number of pyridine rings is 1. The molecule has 0 atom stereocenters. The standard InChI is InChI=1S/C24H18FN5O4/c25-19-9-17-20(10-21(19)29-8-7-26-13-29)30(15-5-6-15)12-18(22(17)31)23(32)28-27-11-14-3-1-2-4-16(14)24(33)34/h1-4,7-13,15H,5-6H2,(H,28,32)(H,33,34)/b27-11-. The predicted octanol–water partition coefficient (Wildman–Crippen LogP) is 3.12. The molecule has 0 aliphatic heterocycles. The number of aromatic nitrogens is 3. The molecule has 0 bridgehead atoms. The fraction of sp³-hybridized carbons (Fsp3) is 0.125. The number of amides is 1. The maximum absolute atomic E-state index is 14.9. The van der Waals surface area contributed by atoms with Crippen molar-refractivity contribution >= 4 is 29.0 Å². The molecule has 10 heteroatoms. The molecule has 1 aliphatic rings. The van der Waals surface area contributed by atoms with E-state index in [1.54, 1.807) is 24.4 Å². The zero-order valence-corrected chi connectivity index (χ0v) is 17.7. The number of fused-ring (bicyclic) bond motifs is 1. The van der Waals surface area contributed by atoms with E-state index < -0.39 is 23.1 Å². The van der Waals surface area contributed by atoms with Gasteiger partial charge in [-0.1, -0.05) is 18.2 Å². The van der Waals surface area contributed by atoms with Crippen LogP contribution >= 0.6 is 0 Å². The summed E-state index contributed by atoms with van der Waals surface area (Å²) >= 11 is 0. The number of carbonyl (C=O) groups excluding carboxylic acids is 1. The first-order valence-electron chi connectivity index (χ1n) is 10.5. The first-order valence-corrected chi connectivity index (χ1v) is 10.5. The quantitative estimate of drug-likeness (QED) is 0.339. The van der Waals surface area contributed by atoms with Gasteiger partial charge in [-0.25, -0.2) is 19.6 Å². The number of carbonyl (C=O) groups is 2. The van der Waals surface area contributed by atoms with Crippen molar-refractivity contribution in [3.63, 3.8) is 0 Å². The van der Waals surface area contributed by atoms with Gasteiger partial charge in [0.2, 0.25) is 5.43 Å². The van der Waals surface area contributed by atoms with Crippen molar-refractivity contribution in [3.8, 4) is 5.69 Å². The number of benzene rings is 2. The van der Waals surface area contributed by atoms with Gasteiger partial charge >= 0.3 is 5.97 Å². The second-order valence-electron chi connectivity index (χ2n) is 7.89. The molecule has 34 heavy (non-hydrogen) atoms. The van der Waals surface area contributed by atoms with Gasteiger partial charge in [0.15, 0.2) is 0 Å². The molecule has 170 valence electrons. The molecule has 4 aromatic rings. The zero-order chi connectivity index (χ0) is 23.8. The molecule has 0 unspecified atom stereocenters. The lowest BCUT2D eigenvalue weighted by molar-refractivity contribution is 0.0696. The number of carboxylic acids is 1. The second-order valence-corrected chi connectivity index (χ2v) is 7.89. The molecule has 2 N–H and O–H groups in total. The number of aromatic carboxylic acids is 1. The van der Waals surface area contributed by atoms with Gasteiger partial charge in [0, 0.05) is 35.6 Å². The maximum atomic E-state index is 14.9. The van der Waals surface area contributed by atoms with E-state index in [-0.39, 0.29) is 28.2 Å². The van der Waals surface area contributed by atoms with Crippen LogP contribution in [0.2, 0.25) is 0 Å². The Morgan fingerprint density at radius 3 is 2.71 bits per heavy atom. The molecular formula is C24H18FN5O4. The first kappa shape index (κ1) is 21.3. The summed E-state index contributed by atoms with van der Waals surface area (Å²) in [5.74, 6) is -2.53. The van der Waals surface area contributed by atoms with E-state index >= 15 is 0 Å². The van der Waals surface area contributed by atoms with Crippen LogP contribution in [0.4, 0.5) is 4.39 Å². The Labute approximate surface area is 191 Å². The van der Waals surface area contributed by atoms with Crippen molar-refractivity contribution in [2.75, 3.05) is 0 Å². The molecule has 0 spiro atoms. The van der Waals surface area contributed by atoms with Crippen LogP contribution in [0.1, 0.15) is 45.2 Å². The Balaban J connectivity index is 1.52. The van der Waals surface area contributed by atoms with Crippen LogP contribution in [0.5, 0.6) is 0 Å². The Hall–Kier alpha value is -4.60. The van der Waals surface area contributed by atoms with Gasteiger partial charge in [-0.05, 0) is 31.0 Å². The molecule has 1 amide bonds. The summed E-state index contributed by atoms with van der Waals surface area (Å²) in [7, 11) is 0. The number of carboxylic acid groups (broad SMARTS) is 1. The Morgan fingerprint density at radius 2 is 2.00 bits per heavy atom. The second kappa shape index (κ2) is 8.39. The van der Waals surface area contributed by atoms with Crippen LogP contribution in [0, 0.1) is 5.82 Å². The van der Waals surface area contributed by atoms with Crippen molar-refractivity contribution in [2.45, 2.75) is 18.9 Å². The van der Waals surface area contributed by atoms with Gasteiger partial charge < -0.3 is 14.2 Å². The van der Waals surface area contributed by atoms with E-state index in [0.29, 0.717) is 11.1 Å². The van der Waals surface area contributed by atoms with Crippen LogP contribution in [0.25, 0.3) is 16.6 Å². The lowest BCUT2D eigenvalue weighted by Gasteiger charge is -2.14. The molecular weight excluding hydrogens is 441 g/mol. The zero-order valence-electron chi connectivity index (χ0n) is 17.7. The number of rotatable bonds is 6. The average Bonchev–Trinajstić information content (AvgIpc) is 3.52. The van der Waals surface area contributed by atoms with Gasteiger partial charge in [0.05, 0.1) is 29.3 Å². The van der Waals surface area contributed by atoms with Crippen molar-refractivity contribution in [2.24, 2.45) is 5.10 Å². The summed E-state index contributed by atoms with van der Waals surface area (Å²) in [6, 6.07) is 8.98. The molecule has 0 radical (unpaired) electrons. The highest BCUT2D eigenvalue weighted by Crippen LogP contribution is 2.37. The van der Waals surface area contributed by atoms with E-state index in [1.165, 1.54) is 41.6 Å². The minimum atomic E-state index is -1.13. The van der Waals surface area contributed by atoms with Crippen LogP contribution < -0.4 is 10.9 Å². The Morgan fingerprint density at radius 1 is 1.21 bits per heavy atom. The largest absolute Gasteiger partial charge is 0.478 e. The fourth-order valence-electron chi connectivity index (χ4n) is 3.80. The van der Waals surface area contributed by atoms with Crippen LogP contribution in [0.15, 0.2) is 71.2 Å². The van der Waals surface area contributed by atoms with Gasteiger partial charge in [0.25, 0.3) is 5.91 Å². The Kier molecular flexibility index (Phi) is 5.25. The van der Waals surface area contributed by atoms with Crippen molar-refractivity contribution in [3.05, 3.63) is 94.0 Å². The molecule has 1 fully saturated rings. The number of imidazole rings is 1. The molecule has 2 heterocycles. The topological polar surface area (TPSA) is 119 Å². The fourth-order valence-corrected chi connectivity index (χ4v) is 3.80. The Bertz CT molecular complexity index is 1520. The lowest BCUT2D eigenvalue weighted by Crippen LogP contribution is -2.27. The highest BCUT2D eigenvalue weighted by atomic mass is 19.1. The SMILES string of the molecule is O=C(O)c1ccccc1/C=N\NC(=O)c1cn(C2CC2)c2cc(-n3ccnc3)c(F)cc2c1=O. The third-order valence-electron chi connectivity index (χ3n) is 5.63. The van der Waals surface area contributed by atoms with Crippen molar-refractivity contribution in [1.82, 2.24) is 19.5 Å². The monoisotopic (exact) mass is 459 g/mol. The van der Waals surface area contributed by atoms with Gasteiger partial charge in [-0.15, -0.1) is 0 Å². The number of hydrazone groups is 1. The third-order valence-corrected chi connectivity index (χ3v) is 5.63. The third kappa shape index (κ3) is 3.85. The van der Waals surface area contributed by atoms with Crippen molar-refractivity contribution in [1.29, 1.82) is 0 Å². The highest BCUT2D eigenvalue weighted by Gasteiger charge is 2.27. The summed E-state index contributed by atoms with van der Waals surface area (Å²) in [6.45, 7) is 0. The van der Waals surface area contributed by atoms with Crippen molar-refractivity contribution < 1.29 is 19.1 Å². The van der Waals surface area contributed by atoms with E-state index in [2.05, 4.69) is 15.5 Å². The normalized spacial score (nSPS) is 13.4. The van der Waals surface area contributed by atoms with E-state index in [0.717, 1.165) is 18.9 Å². The molecule has 9 nitrogen and oxygen atoms in total. The first-order chi connectivity index (χ1) is 16.4. The molecule has 1 saturated carbocycles. The van der Waals surface area contributed by atoms with Crippen LogP contribution in [-0.2, 0) is 0 Å². The van der Waals surface area contributed by atoms with Crippen LogP contribution in [-0.4, -0.2) is 37.3 Å².